The lowest BCUT2D eigenvalue weighted by atomic mass is 10.2. The van der Waals surface area contributed by atoms with Crippen LogP contribution in [-0.4, -0.2) is 43.6 Å². The van der Waals surface area contributed by atoms with Crippen LogP contribution in [-0.2, 0) is 6.54 Å². The Morgan fingerprint density at radius 3 is 2.50 bits per heavy atom. The van der Waals surface area contributed by atoms with Crippen molar-refractivity contribution in [2.24, 2.45) is 11.7 Å². The quantitative estimate of drug-likeness (QED) is 0.798. The molecule has 4 nitrogen and oxygen atoms in total. The zero-order chi connectivity index (χ0) is 13.5. The number of aromatic nitrogens is 1. The molecule has 0 aromatic carbocycles. The lowest BCUT2D eigenvalue weighted by Crippen LogP contribution is -2.35. The van der Waals surface area contributed by atoms with Crippen molar-refractivity contribution >= 4 is 5.82 Å². The number of hydrogen-bond donors (Lipinski definition) is 1. The number of anilines is 1. The van der Waals surface area contributed by atoms with Gasteiger partial charge in [-0.1, -0.05) is 19.9 Å². The maximum Gasteiger partial charge on any atom is 0.128 e. The number of hydrogen-bond acceptors (Lipinski definition) is 4. The number of likely N-dealkylation sites (N-methyl/N-ethyl adjacent to an activating group) is 1. The highest BCUT2D eigenvalue weighted by Crippen LogP contribution is 2.13. The SMILES string of the molecule is CC(C)CN(CCN(C)C)c1cccc(CN)n1. The Balaban J connectivity index is 2.79. The molecule has 0 amide bonds. The molecule has 0 atom stereocenters. The fourth-order valence-electron chi connectivity index (χ4n) is 1.82. The van der Waals surface area contributed by atoms with Gasteiger partial charge in [0.1, 0.15) is 5.82 Å². The summed E-state index contributed by atoms with van der Waals surface area (Å²) >= 11 is 0. The van der Waals surface area contributed by atoms with Gasteiger partial charge in [-0.3, -0.25) is 0 Å². The Kier molecular flexibility index (Phi) is 6.09. The topological polar surface area (TPSA) is 45.4 Å². The van der Waals surface area contributed by atoms with E-state index < -0.39 is 0 Å². The number of rotatable bonds is 7. The Morgan fingerprint density at radius 1 is 1.22 bits per heavy atom. The van der Waals surface area contributed by atoms with Crippen molar-refractivity contribution in [3.8, 4) is 0 Å². The molecule has 102 valence electrons. The third-order valence-corrected chi connectivity index (χ3v) is 2.73. The second kappa shape index (κ2) is 7.34. The predicted molar refractivity (Wildman–Crippen MR) is 77.7 cm³/mol. The van der Waals surface area contributed by atoms with Crippen molar-refractivity contribution < 1.29 is 0 Å². The maximum atomic E-state index is 5.65. The van der Waals surface area contributed by atoms with Gasteiger partial charge in [-0.05, 0) is 32.1 Å². The minimum atomic E-state index is 0.497. The third kappa shape index (κ3) is 5.02. The van der Waals surface area contributed by atoms with Gasteiger partial charge in [0.2, 0.25) is 0 Å². The van der Waals surface area contributed by atoms with E-state index >= 15 is 0 Å². The van der Waals surface area contributed by atoms with Crippen LogP contribution in [0.5, 0.6) is 0 Å². The van der Waals surface area contributed by atoms with Crippen LogP contribution < -0.4 is 10.6 Å². The Bertz CT molecular complexity index is 349. The van der Waals surface area contributed by atoms with Gasteiger partial charge in [-0.15, -0.1) is 0 Å². The van der Waals surface area contributed by atoms with Gasteiger partial charge < -0.3 is 15.5 Å². The van der Waals surface area contributed by atoms with E-state index in [1.54, 1.807) is 0 Å². The molecule has 1 aromatic rings. The number of pyridine rings is 1. The first-order valence-corrected chi connectivity index (χ1v) is 6.58. The molecule has 0 aliphatic heterocycles. The molecule has 0 aliphatic rings. The van der Waals surface area contributed by atoms with Crippen LogP contribution in [0.3, 0.4) is 0 Å². The van der Waals surface area contributed by atoms with Crippen LogP contribution in [0.1, 0.15) is 19.5 Å². The van der Waals surface area contributed by atoms with Crippen LogP contribution in [0.4, 0.5) is 5.82 Å². The summed E-state index contributed by atoms with van der Waals surface area (Å²) in [6.07, 6.45) is 0. The molecule has 0 radical (unpaired) electrons. The van der Waals surface area contributed by atoms with Gasteiger partial charge in [0, 0.05) is 26.2 Å². The van der Waals surface area contributed by atoms with Crippen molar-refractivity contribution in [1.82, 2.24) is 9.88 Å². The fraction of sp³-hybridized carbons (Fsp3) is 0.643. The van der Waals surface area contributed by atoms with Crippen LogP contribution in [0.2, 0.25) is 0 Å². The van der Waals surface area contributed by atoms with E-state index in [4.69, 9.17) is 5.73 Å². The summed E-state index contributed by atoms with van der Waals surface area (Å²) in [5, 5.41) is 0. The van der Waals surface area contributed by atoms with E-state index in [0.717, 1.165) is 31.1 Å². The van der Waals surface area contributed by atoms with Crippen molar-refractivity contribution in [1.29, 1.82) is 0 Å². The summed E-state index contributed by atoms with van der Waals surface area (Å²) in [6.45, 7) is 8.00. The first-order chi connectivity index (χ1) is 8.52. The van der Waals surface area contributed by atoms with Gasteiger partial charge in [0.15, 0.2) is 0 Å². The molecule has 1 heterocycles. The Morgan fingerprint density at radius 2 is 1.94 bits per heavy atom. The maximum absolute atomic E-state index is 5.65. The van der Waals surface area contributed by atoms with Gasteiger partial charge in [0.05, 0.1) is 5.69 Å². The van der Waals surface area contributed by atoms with Gasteiger partial charge >= 0.3 is 0 Å². The van der Waals surface area contributed by atoms with Crippen LogP contribution in [0, 0.1) is 5.92 Å². The monoisotopic (exact) mass is 250 g/mol. The molecule has 18 heavy (non-hydrogen) atoms. The lowest BCUT2D eigenvalue weighted by Gasteiger charge is -2.27. The highest BCUT2D eigenvalue weighted by atomic mass is 15.2. The molecular formula is C14H26N4. The average molecular weight is 250 g/mol. The first kappa shape index (κ1) is 14.9. The van der Waals surface area contributed by atoms with E-state index in [1.807, 2.05) is 12.1 Å². The fourth-order valence-corrected chi connectivity index (χ4v) is 1.82. The van der Waals surface area contributed by atoms with Crippen molar-refractivity contribution in [2.45, 2.75) is 20.4 Å². The average Bonchev–Trinajstić information content (AvgIpc) is 2.34. The molecule has 0 bridgehead atoms. The number of nitrogens with zero attached hydrogens (tertiary/aromatic N) is 3. The van der Waals surface area contributed by atoms with Gasteiger partial charge in [-0.2, -0.15) is 0 Å². The van der Waals surface area contributed by atoms with E-state index in [9.17, 15) is 0 Å². The summed E-state index contributed by atoms with van der Waals surface area (Å²) in [7, 11) is 4.19. The van der Waals surface area contributed by atoms with Crippen molar-refractivity contribution in [2.75, 3.05) is 38.6 Å². The second-order valence-corrected chi connectivity index (χ2v) is 5.33. The molecule has 1 rings (SSSR count). The minimum Gasteiger partial charge on any atom is -0.355 e. The van der Waals surface area contributed by atoms with Gasteiger partial charge in [0.25, 0.3) is 0 Å². The smallest absolute Gasteiger partial charge is 0.128 e. The molecule has 0 saturated carbocycles. The molecular weight excluding hydrogens is 224 g/mol. The van der Waals surface area contributed by atoms with Crippen molar-refractivity contribution in [3.05, 3.63) is 23.9 Å². The zero-order valence-electron chi connectivity index (χ0n) is 12.1. The molecule has 0 unspecified atom stereocenters. The largest absolute Gasteiger partial charge is 0.355 e. The van der Waals surface area contributed by atoms with Crippen LogP contribution >= 0.6 is 0 Å². The molecule has 0 fully saturated rings. The molecule has 1 aromatic heterocycles. The van der Waals surface area contributed by atoms with Gasteiger partial charge in [-0.25, -0.2) is 4.98 Å². The van der Waals surface area contributed by atoms with Crippen molar-refractivity contribution in [3.63, 3.8) is 0 Å². The van der Waals surface area contributed by atoms with E-state index in [1.165, 1.54) is 0 Å². The molecule has 2 N–H and O–H groups in total. The predicted octanol–water partition coefficient (Wildman–Crippen LogP) is 1.56. The number of nitrogens with two attached hydrogens (primary N) is 1. The second-order valence-electron chi connectivity index (χ2n) is 5.33. The summed E-state index contributed by atoms with van der Waals surface area (Å²) in [6, 6.07) is 6.08. The molecule has 0 aliphatic carbocycles. The Hall–Kier alpha value is -1.13. The minimum absolute atomic E-state index is 0.497. The highest BCUT2D eigenvalue weighted by molar-refractivity contribution is 5.39. The van der Waals surface area contributed by atoms with Crippen LogP contribution in [0.25, 0.3) is 0 Å². The zero-order valence-corrected chi connectivity index (χ0v) is 12.1. The van der Waals surface area contributed by atoms with E-state index in [0.29, 0.717) is 12.5 Å². The van der Waals surface area contributed by atoms with Crippen LogP contribution in [0.15, 0.2) is 18.2 Å². The summed E-state index contributed by atoms with van der Waals surface area (Å²) in [4.78, 5) is 9.14. The Labute approximate surface area is 111 Å². The van der Waals surface area contributed by atoms with E-state index in [-0.39, 0.29) is 0 Å². The van der Waals surface area contributed by atoms with E-state index in [2.05, 4.69) is 48.8 Å². The molecule has 0 spiro atoms. The summed E-state index contributed by atoms with van der Waals surface area (Å²) < 4.78 is 0. The third-order valence-electron chi connectivity index (χ3n) is 2.73. The summed E-state index contributed by atoms with van der Waals surface area (Å²) in [5.41, 5.74) is 6.60. The highest BCUT2D eigenvalue weighted by Gasteiger charge is 2.10. The lowest BCUT2D eigenvalue weighted by molar-refractivity contribution is 0.408. The normalized spacial score (nSPS) is 11.3. The standard InChI is InChI=1S/C14H26N4/c1-12(2)11-18(9-8-17(3)4)14-7-5-6-13(10-15)16-14/h5-7,12H,8-11,15H2,1-4H3. The molecule has 0 saturated heterocycles. The first-order valence-electron chi connectivity index (χ1n) is 6.58. The summed E-state index contributed by atoms with van der Waals surface area (Å²) in [5.74, 6) is 1.66. The molecule has 4 heteroatoms.